The van der Waals surface area contributed by atoms with Crippen LogP contribution in [0.1, 0.15) is 15.9 Å². The fourth-order valence-corrected chi connectivity index (χ4v) is 3.80. The van der Waals surface area contributed by atoms with Gasteiger partial charge in [0.2, 0.25) is 0 Å². The SMILES string of the molecule is O/N=C/c1ccc(Br)c2ccccc12.O=Cc1ccc(Br)c2ccccc12. The number of oxime groups is 1. The van der Waals surface area contributed by atoms with Gasteiger partial charge < -0.3 is 5.21 Å². The summed E-state index contributed by atoms with van der Waals surface area (Å²) in [5.41, 5.74) is 1.64. The van der Waals surface area contributed by atoms with Crippen LogP contribution >= 0.6 is 31.9 Å². The monoisotopic (exact) mass is 483 g/mol. The molecule has 0 amide bonds. The van der Waals surface area contributed by atoms with Crippen molar-refractivity contribution in [1.29, 1.82) is 0 Å². The lowest BCUT2D eigenvalue weighted by Gasteiger charge is -2.02. The van der Waals surface area contributed by atoms with Crippen LogP contribution in [0.2, 0.25) is 0 Å². The molecule has 0 spiro atoms. The molecule has 0 radical (unpaired) electrons. The van der Waals surface area contributed by atoms with Crippen LogP contribution < -0.4 is 0 Å². The molecule has 4 aromatic rings. The highest BCUT2D eigenvalue weighted by Crippen LogP contribution is 2.26. The fraction of sp³-hybridized carbons (Fsp3) is 0. The molecular weight excluding hydrogens is 470 g/mol. The van der Waals surface area contributed by atoms with Crippen molar-refractivity contribution in [3.8, 4) is 0 Å². The standard InChI is InChI=1S/C11H8BrNO.C11H7BrO/c12-11-6-5-8(7-13-14)9-3-1-2-4-10(9)11;12-11-6-5-8(7-13)9-3-1-2-4-10(9)11/h1-7,14H;1-7H/b13-7+;. The zero-order valence-corrected chi connectivity index (χ0v) is 17.3. The molecule has 0 aromatic heterocycles. The number of hydrogen-bond donors (Lipinski definition) is 1. The maximum atomic E-state index is 10.7. The second kappa shape index (κ2) is 8.93. The van der Waals surface area contributed by atoms with Gasteiger partial charge in [0.1, 0.15) is 0 Å². The van der Waals surface area contributed by atoms with E-state index in [4.69, 9.17) is 5.21 Å². The average molecular weight is 485 g/mol. The van der Waals surface area contributed by atoms with Gasteiger partial charge in [-0.2, -0.15) is 0 Å². The molecule has 0 bridgehead atoms. The minimum atomic E-state index is 0.735. The van der Waals surface area contributed by atoms with Gasteiger partial charge >= 0.3 is 0 Å². The van der Waals surface area contributed by atoms with Crippen LogP contribution in [-0.4, -0.2) is 17.7 Å². The Bertz CT molecular complexity index is 1140. The lowest BCUT2D eigenvalue weighted by atomic mass is 10.1. The molecule has 5 heteroatoms. The van der Waals surface area contributed by atoms with Crippen molar-refractivity contribution in [3.05, 3.63) is 92.9 Å². The number of carbonyl (C=O) groups is 1. The molecule has 134 valence electrons. The summed E-state index contributed by atoms with van der Waals surface area (Å²) in [5.74, 6) is 0. The first kappa shape index (κ1) is 19.3. The maximum Gasteiger partial charge on any atom is 0.150 e. The molecule has 4 rings (SSSR count). The van der Waals surface area contributed by atoms with E-state index in [-0.39, 0.29) is 0 Å². The van der Waals surface area contributed by atoms with Crippen molar-refractivity contribution in [1.82, 2.24) is 0 Å². The van der Waals surface area contributed by atoms with Crippen molar-refractivity contribution in [2.24, 2.45) is 5.16 Å². The molecular formula is C22H15Br2NO2. The van der Waals surface area contributed by atoms with Crippen LogP contribution in [-0.2, 0) is 0 Å². The summed E-state index contributed by atoms with van der Waals surface area (Å²) in [4.78, 5) is 10.7. The third-order valence-electron chi connectivity index (χ3n) is 4.13. The van der Waals surface area contributed by atoms with E-state index in [1.165, 1.54) is 6.21 Å². The number of rotatable bonds is 2. The Balaban J connectivity index is 0.000000156. The number of aldehydes is 1. The Hall–Kier alpha value is -2.50. The largest absolute Gasteiger partial charge is 0.411 e. The van der Waals surface area contributed by atoms with Crippen molar-refractivity contribution in [3.63, 3.8) is 0 Å². The van der Waals surface area contributed by atoms with Crippen LogP contribution in [0.15, 0.2) is 86.9 Å². The summed E-state index contributed by atoms with van der Waals surface area (Å²) < 4.78 is 2.07. The topological polar surface area (TPSA) is 49.7 Å². The summed E-state index contributed by atoms with van der Waals surface area (Å²) in [6.07, 6.45) is 2.32. The van der Waals surface area contributed by atoms with Crippen LogP contribution in [0.5, 0.6) is 0 Å². The van der Waals surface area contributed by atoms with Crippen molar-refractivity contribution >= 4 is 65.9 Å². The highest BCUT2D eigenvalue weighted by atomic mass is 79.9. The molecule has 0 heterocycles. The van der Waals surface area contributed by atoms with E-state index >= 15 is 0 Å². The molecule has 0 saturated heterocycles. The Morgan fingerprint density at radius 1 is 0.667 bits per heavy atom. The highest BCUT2D eigenvalue weighted by molar-refractivity contribution is 9.11. The summed E-state index contributed by atoms with van der Waals surface area (Å²) >= 11 is 6.92. The Labute approximate surface area is 173 Å². The number of nitrogens with zero attached hydrogens (tertiary/aromatic N) is 1. The number of halogens is 2. The lowest BCUT2D eigenvalue weighted by Crippen LogP contribution is -1.84. The van der Waals surface area contributed by atoms with Crippen LogP contribution in [0.4, 0.5) is 0 Å². The minimum absolute atomic E-state index is 0.735. The van der Waals surface area contributed by atoms with Gasteiger partial charge in [0.05, 0.1) is 6.21 Å². The number of fused-ring (bicyclic) bond motifs is 2. The molecule has 0 aliphatic carbocycles. The Morgan fingerprint density at radius 3 is 1.59 bits per heavy atom. The van der Waals surface area contributed by atoms with E-state index in [9.17, 15) is 4.79 Å². The van der Waals surface area contributed by atoms with E-state index in [0.29, 0.717) is 0 Å². The first-order chi connectivity index (χ1) is 13.2. The van der Waals surface area contributed by atoms with Gasteiger partial charge in [-0.05, 0) is 39.7 Å². The first-order valence-electron chi connectivity index (χ1n) is 8.13. The Morgan fingerprint density at radius 2 is 1.11 bits per heavy atom. The summed E-state index contributed by atoms with van der Waals surface area (Å²) in [5, 5.41) is 15.8. The second-order valence-electron chi connectivity index (χ2n) is 5.73. The second-order valence-corrected chi connectivity index (χ2v) is 7.44. The molecule has 0 unspecified atom stereocenters. The van der Waals surface area contributed by atoms with Gasteiger partial charge in [0.25, 0.3) is 0 Å². The van der Waals surface area contributed by atoms with Crippen LogP contribution in [0, 0.1) is 0 Å². The highest BCUT2D eigenvalue weighted by Gasteiger charge is 2.02. The molecule has 0 atom stereocenters. The predicted octanol–water partition coefficient (Wildman–Crippen LogP) is 6.83. The van der Waals surface area contributed by atoms with Gasteiger partial charge in [-0.25, -0.2) is 0 Å². The normalized spacial score (nSPS) is 10.7. The maximum absolute atomic E-state index is 10.7. The number of benzene rings is 4. The summed E-state index contributed by atoms with van der Waals surface area (Å²) in [7, 11) is 0. The van der Waals surface area contributed by atoms with Crippen molar-refractivity contribution in [2.45, 2.75) is 0 Å². The molecule has 0 saturated carbocycles. The fourth-order valence-electron chi connectivity index (χ4n) is 2.85. The third kappa shape index (κ3) is 4.26. The predicted molar refractivity (Wildman–Crippen MR) is 118 cm³/mol. The number of carbonyl (C=O) groups excluding carboxylic acids is 1. The average Bonchev–Trinajstić information content (AvgIpc) is 2.72. The van der Waals surface area contributed by atoms with Gasteiger partial charge in [-0.15, -0.1) is 0 Å². The van der Waals surface area contributed by atoms with Crippen LogP contribution in [0.25, 0.3) is 21.5 Å². The quantitative estimate of drug-likeness (QED) is 0.147. The van der Waals surface area contributed by atoms with E-state index in [0.717, 1.165) is 47.9 Å². The molecule has 4 aromatic carbocycles. The summed E-state index contributed by atoms with van der Waals surface area (Å²) in [6.45, 7) is 0. The molecule has 0 aliphatic rings. The minimum Gasteiger partial charge on any atom is -0.411 e. The van der Waals surface area contributed by atoms with Crippen molar-refractivity contribution < 1.29 is 10.0 Å². The van der Waals surface area contributed by atoms with E-state index in [2.05, 4.69) is 37.0 Å². The van der Waals surface area contributed by atoms with Gasteiger partial charge in [-0.1, -0.05) is 91.6 Å². The van der Waals surface area contributed by atoms with Gasteiger partial charge in [0.15, 0.2) is 6.29 Å². The summed E-state index contributed by atoms with van der Waals surface area (Å²) in [6, 6.07) is 23.4. The Kier molecular flexibility index (Phi) is 6.37. The molecule has 3 nitrogen and oxygen atoms in total. The smallest absolute Gasteiger partial charge is 0.150 e. The van der Waals surface area contributed by atoms with E-state index in [1.54, 1.807) is 0 Å². The molecule has 0 fully saturated rings. The third-order valence-corrected chi connectivity index (χ3v) is 5.52. The molecule has 27 heavy (non-hydrogen) atoms. The first-order valence-corrected chi connectivity index (χ1v) is 9.71. The number of hydrogen-bond acceptors (Lipinski definition) is 3. The molecule has 1 N–H and O–H groups in total. The van der Waals surface area contributed by atoms with Gasteiger partial charge in [-0.3, -0.25) is 4.79 Å². The lowest BCUT2D eigenvalue weighted by molar-refractivity contribution is 0.112. The van der Waals surface area contributed by atoms with Gasteiger partial charge in [0, 0.05) is 20.1 Å². The van der Waals surface area contributed by atoms with E-state index < -0.39 is 0 Å². The van der Waals surface area contributed by atoms with Crippen LogP contribution in [0.3, 0.4) is 0 Å². The zero-order valence-electron chi connectivity index (χ0n) is 14.1. The van der Waals surface area contributed by atoms with E-state index in [1.807, 2.05) is 72.8 Å². The zero-order chi connectivity index (χ0) is 19.2. The van der Waals surface area contributed by atoms with Crippen molar-refractivity contribution in [2.75, 3.05) is 0 Å². The molecule has 0 aliphatic heterocycles.